The highest BCUT2D eigenvalue weighted by molar-refractivity contribution is 9.10. The molecular weight excluding hydrogens is 314 g/mol. The lowest BCUT2D eigenvalue weighted by Crippen LogP contribution is -2.34. The van der Waals surface area contributed by atoms with Crippen molar-refractivity contribution in [3.8, 4) is 0 Å². The molecule has 1 aromatic carbocycles. The maximum atomic E-state index is 5.70. The normalized spacial score (nSPS) is 20.9. The van der Waals surface area contributed by atoms with Gasteiger partial charge in [-0.2, -0.15) is 0 Å². The van der Waals surface area contributed by atoms with Crippen molar-refractivity contribution in [2.75, 3.05) is 19.8 Å². The van der Waals surface area contributed by atoms with Gasteiger partial charge in [-0.05, 0) is 56.3 Å². The van der Waals surface area contributed by atoms with Gasteiger partial charge in [-0.15, -0.1) is 0 Å². The van der Waals surface area contributed by atoms with Gasteiger partial charge in [-0.1, -0.05) is 35.0 Å². The van der Waals surface area contributed by atoms with Crippen LogP contribution in [0.5, 0.6) is 0 Å². The number of benzene rings is 1. The molecule has 1 fully saturated rings. The summed E-state index contributed by atoms with van der Waals surface area (Å²) in [5.41, 5.74) is 4.05. The van der Waals surface area contributed by atoms with Gasteiger partial charge in [0.05, 0.1) is 6.61 Å². The van der Waals surface area contributed by atoms with Gasteiger partial charge in [0, 0.05) is 23.0 Å². The molecule has 2 nitrogen and oxygen atoms in total. The van der Waals surface area contributed by atoms with Crippen LogP contribution in [0.1, 0.15) is 48.9 Å². The number of ether oxygens (including phenoxy) is 1. The second kappa shape index (κ2) is 7.58. The van der Waals surface area contributed by atoms with Crippen LogP contribution in [-0.2, 0) is 4.74 Å². The Bertz CT molecular complexity index is 418. The average Bonchev–Trinajstić information content (AvgIpc) is 2.46. The minimum Gasteiger partial charge on any atom is -0.381 e. The number of hydrogen-bond acceptors (Lipinski definition) is 2. The van der Waals surface area contributed by atoms with E-state index >= 15 is 0 Å². The molecule has 0 aliphatic carbocycles. The number of nitrogens with one attached hydrogen (secondary N) is 1. The van der Waals surface area contributed by atoms with Crippen LogP contribution in [0.15, 0.2) is 16.6 Å². The van der Waals surface area contributed by atoms with E-state index in [-0.39, 0.29) is 0 Å². The molecule has 0 radical (unpaired) electrons. The van der Waals surface area contributed by atoms with Gasteiger partial charge in [0.2, 0.25) is 0 Å². The third-order valence-electron chi connectivity index (χ3n) is 4.10. The van der Waals surface area contributed by atoms with Crippen LogP contribution in [0.2, 0.25) is 0 Å². The number of aryl methyl sites for hydroxylation is 2. The Balaban J connectivity index is 2.25. The summed E-state index contributed by atoms with van der Waals surface area (Å²) in [6.45, 7) is 9.45. The molecule has 1 aliphatic heterocycles. The van der Waals surface area contributed by atoms with Gasteiger partial charge in [0.25, 0.3) is 0 Å². The minimum atomic E-state index is 0.417. The zero-order valence-electron chi connectivity index (χ0n) is 12.8. The van der Waals surface area contributed by atoms with E-state index in [0.717, 1.165) is 19.8 Å². The molecule has 2 rings (SSSR count). The highest BCUT2D eigenvalue weighted by Crippen LogP contribution is 2.32. The minimum absolute atomic E-state index is 0.417. The Kier molecular flexibility index (Phi) is 6.06. The van der Waals surface area contributed by atoms with E-state index in [1.165, 1.54) is 40.4 Å². The number of rotatable bonds is 5. The summed E-state index contributed by atoms with van der Waals surface area (Å²) in [6, 6.07) is 5.05. The summed E-state index contributed by atoms with van der Waals surface area (Å²) < 4.78 is 6.93. The quantitative estimate of drug-likeness (QED) is 0.850. The monoisotopic (exact) mass is 339 g/mol. The fourth-order valence-electron chi connectivity index (χ4n) is 3.04. The second-order valence-electron chi connectivity index (χ2n) is 5.88. The summed E-state index contributed by atoms with van der Waals surface area (Å²) in [5, 5.41) is 3.73. The SMILES string of the molecule is CCCNC(c1cc(C)c(Br)c(C)c1)C1CCCOC1. The summed E-state index contributed by atoms with van der Waals surface area (Å²) in [5.74, 6) is 0.593. The maximum absolute atomic E-state index is 5.70. The zero-order chi connectivity index (χ0) is 14.5. The van der Waals surface area contributed by atoms with Gasteiger partial charge in [0.15, 0.2) is 0 Å². The molecule has 2 atom stereocenters. The van der Waals surface area contributed by atoms with Gasteiger partial charge in [-0.25, -0.2) is 0 Å². The van der Waals surface area contributed by atoms with E-state index in [1.54, 1.807) is 0 Å². The van der Waals surface area contributed by atoms with E-state index in [2.05, 4.69) is 54.2 Å². The van der Waals surface area contributed by atoms with Crippen LogP contribution in [0.4, 0.5) is 0 Å². The first-order valence-electron chi connectivity index (χ1n) is 7.71. The Hall–Kier alpha value is -0.380. The Morgan fingerprint density at radius 1 is 1.35 bits per heavy atom. The van der Waals surface area contributed by atoms with E-state index in [1.807, 2.05) is 0 Å². The van der Waals surface area contributed by atoms with Gasteiger partial charge in [0.1, 0.15) is 0 Å². The molecule has 0 spiro atoms. The fraction of sp³-hybridized carbons (Fsp3) is 0.647. The fourth-order valence-corrected chi connectivity index (χ4v) is 3.27. The van der Waals surface area contributed by atoms with Crippen molar-refractivity contribution in [1.82, 2.24) is 5.32 Å². The molecule has 1 saturated heterocycles. The Morgan fingerprint density at radius 2 is 2.05 bits per heavy atom. The lowest BCUT2D eigenvalue weighted by atomic mass is 9.87. The highest BCUT2D eigenvalue weighted by atomic mass is 79.9. The second-order valence-corrected chi connectivity index (χ2v) is 6.67. The van der Waals surface area contributed by atoms with Crippen LogP contribution in [0.3, 0.4) is 0 Å². The largest absolute Gasteiger partial charge is 0.381 e. The predicted octanol–water partition coefficient (Wildman–Crippen LogP) is 4.53. The Morgan fingerprint density at radius 3 is 2.60 bits per heavy atom. The van der Waals surface area contributed by atoms with Crippen LogP contribution >= 0.6 is 15.9 Å². The summed E-state index contributed by atoms with van der Waals surface area (Å²) >= 11 is 3.67. The zero-order valence-corrected chi connectivity index (χ0v) is 14.4. The maximum Gasteiger partial charge on any atom is 0.0512 e. The van der Waals surface area contributed by atoms with Crippen LogP contribution < -0.4 is 5.32 Å². The van der Waals surface area contributed by atoms with E-state index < -0.39 is 0 Å². The van der Waals surface area contributed by atoms with E-state index in [0.29, 0.717) is 12.0 Å². The first-order chi connectivity index (χ1) is 9.63. The van der Waals surface area contributed by atoms with Crippen LogP contribution in [0, 0.1) is 19.8 Å². The smallest absolute Gasteiger partial charge is 0.0512 e. The van der Waals surface area contributed by atoms with Crippen molar-refractivity contribution in [3.63, 3.8) is 0 Å². The van der Waals surface area contributed by atoms with Crippen molar-refractivity contribution < 1.29 is 4.74 Å². The van der Waals surface area contributed by atoms with Crippen molar-refractivity contribution in [1.29, 1.82) is 0 Å². The summed E-state index contributed by atoms with van der Waals surface area (Å²) in [6.07, 6.45) is 3.61. The van der Waals surface area contributed by atoms with Gasteiger partial charge < -0.3 is 10.1 Å². The van der Waals surface area contributed by atoms with E-state index in [9.17, 15) is 0 Å². The first-order valence-corrected chi connectivity index (χ1v) is 8.50. The molecule has 1 aliphatic rings. The molecular formula is C17H26BrNO. The topological polar surface area (TPSA) is 21.3 Å². The molecule has 2 unspecified atom stereocenters. The lowest BCUT2D eigenvalue weighted by molar-refractivity contribution is 0.0390. The third kappa shape index (κ3) is 3.84. The Labute approximate surface area is 131 Å². The standard InChI is InChI=1S/C17H26BrNO/c1-4-7-19-17(14-6-5-8-20-11-14)15-9-12(2)16(18)13(3)10-15/h9-10,14,17,19H,4-8,11H2,1-3H3. The third-order valence-corrected chi connectivity index (χ3v) is 5.35. The van der Waals surface area contributed by atoms with Crippen LogP contribution in [0.25, 0.3) is 0 Å². The number of hydrogen-bond donors (Lipinski definition) is 1. The predicted molar refractivity (Wildman–Crippen MR) is 88.2 cm³/mol. The molecule has 1 N–H and O–H groups in total. The van der Waals surface area contributed by atoms with Crippen molar-refractivity contribution in [3.05, 3.63) is 33.3 Å². The molecule has 3 heteroatoms. The highest BCUT2D eigenvalue weighted by Gasteiger charge is 2.25. The molecule has 112 valence electrons. The molecule has 0 saturated carbocycles. The first kappa shape index (κ1) is 16.0. The van der Waals surface area contributed by atoms with Gasteiger partial charge >= 0.3 is 0 Å². The molecule has 1 aromatic rings. The molecule has 20 heavy (non-hydrogen) atoms. The van der Waals surface area contributed by atoms with E-state index in [4.69, 9.17) is 4.74 Å². The average molecular weight is 340 g/mol. The number of halogens is 1. The molecule has 0 bridgehead atoms. The molecule has 1 heterocycles. The van der Waals surface area contributed by atoms with Crippen LogP contribution in [-0.4, -0.2) is 19.8 Å². The van der Waals surface area contributed by atoms with Crippen molar-refractivity contribution >= 4 is 15.9 Å². The van der Waals surface area contributed by atoms with Crippen molar-refractivity contribution in [2.45, 2.75) is 46.1 Å². The summed E-state index contributed by atoms with van der Waals surface area (Å²) in [4.78, 5) is 0. The van der Waals surface area contributed by atoms with Crippen molar-refractivity contribution in [2.24, 2.45) is 5.92 Å². The lowest BCUT2D eigenvalue weighted by Gasteiger charge is -2.32. The molecule has 0 aromatic heterocycles. The van der Waals surface area contributed by atoms with Gasteiger partial charge in [-0.3, -0.25) is 0 Å². The molecule has 0 amide bonds. The summed E-state index contributed by atoms with van der Waals surface area (Å²) in [7, 11) is 0.